The Bertz CT molecular complexity index is 445. The number of hydrogen-bond donors (Lipinski definition) is 1. The third kappa shape index (κ3) is 4.00. The average Bonchev–Trinajstić information content (AvgIpc) is 2.48. The quantitative estimate of drug-likeness (QED) is 0.867. The molecule has 2 nitrogen and oxygen atoms in total. The molecule has 1 fully saturated rings. The Hall–Kier alpha value is -0.570. The summed E-state index contributed by atoms with van der Waals surface area (Å²) < 4.78 is 6.03. The van der Waals surface area contributed by atoms with E-state index in [4.69, 9.17) is 16.3 Å². The molecule has 1 aromatic rings. The summed E-state index contributed by atoms with van der Waals surface area (Å²) in [6.07, 6.45) is 5.66. The van der Waals surface area contributed by atoms with Crippen molar-refractivity contribution in [2.75, 3.05) is 14.2 Å². The zero-order valence-electron chi connectivity index (χ0n) is 13.7. The van der Waals surface area contributed by atoms with Crippen LogP contribution in [-0.4, -0.2) is 25.8 Å². The molecule has 0 radical (unpaired) electrons. The molecule has 0 amide bonds. The summed E-state index contributed by atoms with van der Waals surface area (Å²) >= 11 is 5.98. The first-order chi connectivity index (χ1) is 9.91. The van der Waals surface area contributed by atoms with E-state index >= 15 is 0 Å². The highest BCUT2D eigenvalue weighted by Crippen LogP contribution is 2.43. The Labute approximate surface area is 134 Å². The topological polar surface area (TPSA) is 21.3 Å². The van der Waals surface area contributed by atoms with Crippen molar-refractivity contribution in [1.29, 1.82) is 0 Å². The average molecular weight is 310 g/mol. The third-order valence-electron chi connectivity index (χ3n) is 5.19. The van der Waals surface area contributed by atoms with Crippen molar-refractivity contribution in [3.63, 3.8) is 0 Å². The Morgan fingerprint density at radius 2 is 1.71 bits per heavy atom. The van der Waals surface area contributed by atoms with Crippen molar-refractivity contribution in [3.8, 4) is 0 Å². The number of ether oxygens (including phenoxy) is 1. The number of benzene rings is 1. The highest BCUT2D eigenvalue weighted by molar-refractivity contribution is 6.30. The van der Waals surface area contributed by atoms with Crippen molar-refractivity contribution in [2.45, 2.75) is 57.6 Å². The van der Waals surface area contributed by atoms with Gasteiger partial charge in [0, 0.05) is 18.2 Å². The molecule has 1 N–H and O–H groups in total. The van der Waals surface area contributed by atoms with Crippen molar-refractivity contribution in [3.05, 3.63) is 34.9 Å². The van der Waals surface area contributed by atoms with Gasteiger partial charge in [-0.3, -0.25) is 0 Å². The lowest BCUT2D eigenvalue weighted by Gasteiger charge is -2.47. The summed E-state index contributed by atoms with van der Waals surface area (Å²) in [4.78, 5) is 0. The molecule has 21 heavy (non-hydrogen) atoms. The smallest absolute Gasteiger partial charge is 0.0834 e. The Morgan fingerprint density at radius 3 is 2.19 bits per heavy atom. The largest absolute Gasteiger partial charge is 0.377 e. The molecule has 0 aliphatic heterocycles. The molecule has 0 aromatic heterocycles. The van der Waals surface area contributed by atoms with Crippen LogP contribution in [0.4, 0.5) is 0 Å². The van der Waals surface area contributed by atoms with Crippen molar-refractivity contribution in [2.24, 2.45) is 5.41 Å². The predicted molar refractivity (Wildman–Crippen MR) is 90.0 cm³/mol. The Morgan fingerprint density at radius 1 is 1.14 bits per heavy atom. The van der Waals surface area contributed by atoms with E-state index in [9.17, 15) is 0 Å². The van der Waals surface area contributed by atoms with Gasteiger partial charge in [0.25, 0.3) is 0 Å². The summed E-state index contributed by atoms with van der Waals surface area (Å²) in [6.45, 7) is 4.72. The maximum atomic E-state index is 6.03. The molecular weight excluding hydrogens is 282 g/mol. The molecule has 1 unspecified atom stereocenters. The second-order valence-corrected chi connectivity index (χ2v) is 7.54. The van der Waals surface area contributed by atoms with Gasteiger partial charge in [0.2, 0.25) is 0 Å². The third-order valence-corrected chi connectivity index (χ3v) is 5.45. The van der Waals surface area contributed by atoms with Gasteiger partial charge in [0.1, 0.15) is 0 Å². The van der Waals surface area contributed by atoms with Crippen LogP contribution < -0.4 is 5.32 Å². The molecule has 2 rings (SSSR count). The molecular formula is C18H28ClNO. The molecule has 1 aliphatic carbocycles. The van der Waals surface area contributed by atoms with E-state index in [0.29, 0.717) is 11.5 Å². The zero-order valence-corrected chi connectivity index (χ0v) is 14.5. The van der Waals surface area contributed by atoms with E-state index < -0.39 is 0 Å². The van der Waals surface area contributed by atoms with Crippen LogP contribution in [0.25, 0.3) is 0 Å². The van der Waals surface area contributed by atoms with Gasteiger partial charge in [-0.2, -0.15) is 0 Å². The Balaban J connectivity index is 2.12. The summed E-state index contributed by atoms with van der Waals surface area (Å²) in [5.41, 5.74) is 1.70. The maximum Gasteiger partial charge on any atom is 0.0834 e. The van der Waals surface area contributed by atoms with Gasteiger partial charge in [0.15, 0.2) is 0 Å². The minimum Gasteiger partial charge on any atom is -0.377 e. The van der Waals surface area contributed by atoms with Crippen molar-refractivity contribution >= 4 is 11.6 Å². The fourth-order valence-electron chi connectivity index (χ4n) is 3.45. The summed E-state index contributed by atoms with van der Waals surface area (Å²) in [5, 5.41) is 4.29. The second kappa shape index (κ2) is 6.68. The Kier molecular flexibility index (Phi) is 5.34. The van der Waals surface area contributed by atoms with E-state index in [0.717, 1.165) is 24.3 Å². The normalized spacial score (nSPS) is 22.0. The van der Waals surface area contributed by atoms with Crippen LogP contribution in [0.5, 0.6) is 0 Å². The molecule has 0 saturated heterocycles. The van der Waals surface area contributed by atoms with Crippen LogP contribution in [0.15, 0.2) is 24.3 Å². The number of nitrogens with one attached hydrogen (secondary N) is 1. The number of hydrogen-bond acceptors (Lipinski definition) is 2. The second-order valence-electron chi connectivity index (χ2n) is 7.10. The van der Waals surface area contributed by atoms with Gasteiger partial charge in [-0.05, 0) is 62.3 Å². The van der Waals surface area contributed by atoms with E-state index in [1.807, 2.05) is 26.3 Å². The van der Waals surface area contributed by atoms with Gasteiger partial charge in [-0.25, -0.2) is 0 Å². The number of likely N-dealkylation sites (N-methyl/N-ethyl adjacent to an activating group) is 1. The fourth-order valence-corrected chi connectivity index (χ4v) is 3.58. The van der Waals surface area contributed by atoms with Gasteiger partial charge in [0.05, 0.1) is 5.60 Å². The lowest BCUT2D eigenvalue weighted by atomic mass is 9.67. The molecule has 1 atom stereocenters. The van der Waals surface area contributed by atoms with E-state index in [-0.39, 0.29) is 5.60 Å². The molecule has 0 spiro atoms. The van der Waals surface area contributed by atoms with E-state index in [1.165, 1.54) is 18.4 Å². The molecule has 3 heteroatoms. The van der Waals surface area contributed by atoms with Gasteiger partial charge >= 0.3 is 0 Å². The minimum atomic E-state index is -0.0517. The lowest BCUT2D eigenvalue weighted by Crippen LogP contribution is -2.54. The van der Waals surface area contributed by atoms with Crippen LogP contribution in [0, 0.1) is 5.41 Å². The molecule has 1 saturated carbocycles. The summed E-state index contributed by atoms with van der Waals surface area (Å²) in [6, 6.07) is 8.49. The van der Waals surface area contributed by atoms with Crippen molar-refractivity contribution < 1.29 is 4.74 Å². The number of methoxy groups -OCH3 is 1. The molecule has 0 heterocycles. The van der Waals surface area contributed by atoms with Crippen LogP contribution in [0.3, 0.4) is 0 Å². The highest BCUT2D eigenvalue weighted by atomic mass is 35.5. The van der Waals surface area contributed by atoms with Crippen LogP contribution >= 0.6 is 11.6 Å². The SMILES string of the molecule is CNC(Cc1ccc(Cl)cc1)C1(OC)CCC(C)(C)CC1. The van der Waals surface area contributed by atoms with Crippen LogP contribution in [0.2, 0.25) is 5.02 Å². The van der Waals surface area contributed by atoms with Gasteiger partial charge in [-0.15, -0.1) is 0 Å². The molecule has 1 aromatic carbocycles. The first-order valence-corrected chi connectivity index (χ1v) is 8.25. The summed E-state index contributed by atoms with van der Waals surface area (Å²) in [7, 11) is 3.91. The van der Waals surface area contributed by atoms with Gasteiger partial charge < -0.3 is 10.1 Å². The predicted octanol–water partition coefficient (Wildman–Crippen LogP) is 4.46. The van der Waals surface area contributed by atoms with Crippen LogP contribution in [-0.2, 0) is 11.2 Å². The number of halogens is 1. The molecule has 1 aliphatic rings. The highest BCUT2D eigenvalue weighted by Gasteiger charge is 2.43. The zero-order chi connectivity index (χ0) is 15.5. The number of rotatable bonds is 5. The molecule has 118 valence electrons. The van der Waals surface area contributed by atoms with Gasteiger partial charge in [-0.1, -0.05) is 37.6 Å². The van der Waals surface area contributed by atoms with E-state index in [2.05, 4.69) is 31.3 Å². The minimum absolute atomic E-state index is 0.0517. The first kappa shape index (κ1) is 16.8. The van der Waals surface area contributed by atoms with Crippen LogP contribution in [0.1, 0.15) is 45.1 Å². The first-order valence-electron chi connectivity index (χ1n) is 7.88. The van der Waals surface area contributed by atoms with E-state index in [1.54, 1.807) is 0 Å². The maximum absolute atomic E-state index is 6.03. The fraction of sp³-hybridized carbons (Fsp3) is 0.667. The molecule has 0 bridgehead atoms. The standard InChI is InChI=1S/C18H28ClNO/c1-17(2)9-11-18(21-4,12-10-17)16(20-3)13-14-5-7-15(19)8-6-14/h5-8,16,20H,9-13H2,1-4H3. The lowest BCUT2D eigenvalue weighted by molar-refractivity contribution is -0.0847. The summed E-state index contributed by atoms with van der Waals surface area (Å²) in [5.74, 6) is 0. The monoisotopic (exact) mass is 309 g/mol. The van der Waals surface area contributed by atoms with Crippen molar-refractivity contribution in [1.82, 2.24) is 5.32 Å².